The number of benzene rings is 2. The number of nitrogens with two attached hydrogens (primary N) is 1. The lowest BCUT2D eigenvalue weighted by atomic mass is 9.74. The summed E-state index contributed by atoms with van der Waals surface area (Å²) in [5.74, 6) is -1.65. The highest BCUT2D eigenvalue weighted by atomic mass is 16.6. The summed E-state index contributed by atoms with van der Waals surface area (Å²) in [7, 11) is 0. The van der Waals surface area contributed by atoms with Crippen LogP contribution in [0.1, 0.15) is 57.1 Å². The average Bonchev–Trinajstić information content (AvgIpc) is 2.92. The van der Waals surface area contributed by atoms with Gasteiger partial charge in [-0.05, 0) is 69.3 Å². The van der Waals surface area contributed by atoms with Crippen molar-refractivity contribution in [2.75, 3.05) is 26.2 Å². The van der Waals surface area contributed by atoms with E-state index in [1.165, 1.54) is 17.7 Å². The van der Waals surface area contributed by atoms with Crippen molar-refractivity contribution in [2.45, 2.75) is 51.4 Å². The molecule has 2 aliphatic heterocycles. The Hall–Kier alpha value is -3.98. The summed E-state index contributed by atoms with van der Waals surface area (Å²) in [4.78, 5) is 38.9. The molecule has 0 aliphatic carbocycles. The van der Waals surface area contributed by atoms with E-state index in [2.05, 4.69) is 52.8 Å². The molecule has 1 fully saturated rings. The second-order valence-electron chi connectivity index (χ2n) is 10.7. The zero-order chi connectivity index (χ0) is 28.2. The van der Waals surface area contributed by atoms with Gasteiger partial charge in [-0.15, -0.1) is 0 Å². The highest BCUT2D eigenvalue weighted by Crippen LogP contribution is 2.38. The summed E-state index contributed by atoms with van der Waals surface area (Å²) >= 11 is 0. The van der Waals surface area contributed by atoms with Gasteiger partial charge in [0.15, 0.2) is 0 Å². The fraction of sp³-hybridized carbons (Fsp3) is 0.400. The van der Waals surface area contributed by atoms with Crippen molar-refractivity contribution in [1.29, 1.82) is 0 Å². The molecule has 9 nitrogen and oxygen atoms in total. The number of carbonyl (C=O) groups excluding carboxylic acids is 2. The molecule has 9 heteroatoms. The number of non-ortho nitro benzene ring substituents is 1. The Morgan fingerprint density at radius 2 is 1.67 bits per heavy atom. The first kappa shape index (κ1) is 28.0. The minimum absolute atomic E-state index is 0.0671. The van der Waals surface area contributed by atoms with Crippen LogP contribution in [0.4, 0.5) is 5.69 Å². The molecule has 2 aromatic rings. The number of carbonyl (C=O) groups is 2. The summed E-state index contributed by atoms with van der Waals surface area (Å²) in [6, 6.07) is 16.6. The van der Waals surface area contributed by atoms with Crippen molar-refractivity contribution < 1.29 is 14.5 Å². The van der Waals surface area contributed by atoms with Gasteiger partial charge in [0.25, 0.3) is 5.69 Å². The Morgan fingerprint density at radius 3 is 2.26 bits per heavy atom. The fourth-order valence-electron chi connectivity index (χ4n) is 5.74. The number of piperidine rings is 1. The second kappa shape index (κ2) is 11.8. The molecule has 39 heavy (non-hydrogen) atoms. The van der Waals surface area contributed by atoms with E-state index in [0.717, 1.165) is 38.9 Å². The minimum atomic E-state index is -0.720. The van der Waals surface area contributed by atoms with Gasteiger partial charge in [-0.25, -0.2) is 0 Å². The number of nitro groups is 1. The molecule has 0 bridgehead atoms. The first-order valence-electron chi connectivity index (χ1n) is 13.4. The average molecular weight is 532 g/mol. The lowest BCUT2D eigenvalue weighted by molar-refractivity contribution is -0.384. The Bertz CT molecular complexity index is 1290. The molecule has 206 valence electrons. The third kappa shape index (κ3) is 6.20. The van der Waals surface area contributed by atoms with Crippen LogP contribution in [0.5, 0.6) is 0 Å². The zero-order valence-corrected chi connectivity index (χ0v) is 22.8. The smallest absolute Gasteiger partial charge is 0.269 e. The van der Waals surface area contributed by atoms with Crippen LogP contribution in [0.25, 0.3) is 0 Å². The number of nitro benzene ring substituents is 1. The molecule has 1 unspecified atom stereocenters. The molecule has 1 atom stereocenters. The van der Waals surface area contributed by atoms with E-state index in [1.54, 1.807) is 26.0 Å². The van der Waals surface area contributed by atoms with Gasteiger partial charge in [0.1, 0.15) is 0 Å². The van der Waals surface area contributed by atoms with Crippen molar-refractivity contribution in [2.24, 2.45) is 5.73 Å². The molecule has 2 aromatic carbocycles. The molecule has 0 radical (unpaired) electrons. The van der Waals surface area contributed by atoms with Gasteiger partial charge in [0.2, 0.25) is 11.8 Å². The summed E-state index contributed by atoms with van der Waals surface area (Å²) in [5.41, 5.74) is 9.68. The number of rotatable bonds is 9. The molecule has 2 amide bonds. The van der Waals surface area contributed by atoms with E-state index in [1.807, 2.05) is 0 Å². The number of hydrogen-bond acceptors (Lipinski definition) is 6. The molecule has 0 aromatic heterocycles. The van der Waals surface area contributed by atoms with Crippen molar-refractivity contribution in [3.8, 4) is 0 Å². The van der Waals surface area contributed by atoms with E-state index in [4.69, 9.17) is 5.73 Å². The second-order valence-corrected chi connectivity index (χ2v) is 10.7. The highest BCUT2D eigenvalue weighted by Gasteiger charge is 2.36. The third-order valence-corrected chi connectivity index (χ3v) is 8.07. The number of amides is 2. The number of likely N-dealkylation sites (tertiary alicyclic amines) is 1. The van der Waals surface area contributed by atoms with Crippen molar-refractivity contribution in [1.82, 2.24) is 15.5 Å². The predicted octanol–water partition coefficient (Wildman–Crippen LogP) is 3.87. The SMILES string of the molecule is CC1=C(C(N)=O)C(c2ccc([N+](=O)[O-])cc2)C(C(=O)NCCCN2CCC(C)(c3ccccc3)CC2)=C(C)N1. The molecule has 1 saturated heterocycles. The van der Waals surface area contributed by atoms with Crippen LogP contribution >= 0.6 is 0 Å². The highest BCUT2D eigenvalue weighted by molar-refractivity contribution is 6.03. The summed E-state index contributed by atoms with van der Waals surface area (Å²) in [5, 5.41) is 17.3. The van der Waals surface area contributed by atoms with Gasteiger partial charge >= 0.3 is 0 Å². The number of nitrogens with zero attached hydrogens (tertiary/aromatic N) is 2. The number of primary amides is 1. The van der Waals surface area contributed by atoms with E-state index in [9.17, 15) is 19.7 Å². The summed E-state index contributed by atoms with van der Waals surface area (Å²) in [6.07, 6.45) is 2.99. The quantitative estimate of drug-likeness (QED) is 0.256. The van der Waals surface area contributed by atoms with Crippen LogP contribution in [0.15, 0.2) is 77.1 Å². The molecule has 4 N–H and O–H groups in total. The monoisotopic (exact) mass is 531 g/mol. The zero-order valence-electron chi connectivity index (χ0n) is 22.8. The van der Waals surface area contributed by atoms with Gasteiger partial charge in [-0.1, -0.05) is 49.4 Å². The number of hydrogen-bond donors (Lipinski definition) is 3. The maximum absolute atomic E-state index is 13.4. The van der Waals surface area contributed by atoms with E-state index < -0.39 is 16.7 Å². The van der Waals surface area contributed by atoms with Gasteiger partial charge in [0, 0.05) is 47.1 Å². The van der Waals surface area contributed by atoms with Crippen LogP contribution in [0, 0.1) is 10.1 Å². The maximum Gasteiger partial charge on any atom is 0.269 e. The van der Waals surface area contributed by atoms with Gasteiger partial charge in [0.05, 0.1) is 4.92 Å². The van der Waals surface area contributed by atoms with Crippen LogP contribution in [-0.2, 0) is 15.0 Å². The summed E-state index contributed by atoms with van der Waals surface area (Å²) < 4.78 is 0. The minimum Gasteiger partial charge on any atom is -0.366 e. The van der Waals surface area contributed by atoms with Crippen LogP contribution in [-0.4, -0.2) is 47.8 Å². The Kier molecular flexibility index (Phi) is 8.50. The third-order valence-electron chi connectivity index (χ3n) is 8.07. The van der Waals surface area contributed by atoms with Crippen LogP contribution < -0.4 is 16.4 Å². The standard InChI is InChI=1S/C30H37N5O4/c1-20-25(28(31)36)27(22-10-12-24(13-11-22)35(38)39)26(21(2)33-20)29(37)32-16-7-17-34-18-14-30(3,15-19-34)23-8-5-4-6-9-23/h4-6,8-13,27,33H,7,14-19H2,1-3H3,(H2,31,36)(H,32,37). The topological polar surface area (TPSA) is 131 Å². The summed E-state index contributed by atoms with van der Waals surface area (Å²) in [6.45, 7) is 9.27. The molecule has 2 aliphatic rings. The Balaban J connectivity index is 1.38. The molecular formula is C30H37N5O4. The van der Waals surface area contributed by atoms with Crippen molar-refractivity contribution >= 4 is 17.5 Å². The van der Waals surface area contributed by atoms with E-state index >= 15 is 0 Å². The van der Waals surface area contributed by atoms with E-state index in [-0.39, 0.29) is 22.6 Å². The molecule has 4 rings (SSSR count). The lowest BCUT2D eigenvalue weighted by Crippen LogP contribution is -2.42. The fourth-order valence-corrected chi connectivity index (χ4v) is 5.74. The predicted molar refractivity (Wildman–Crippen MR) is 151 cm³/mol. The van der Waals surface area contributed by atoms with Gasteiger partial charge < -0.3 is 21.3 Å². The molecule has 0 spiro atoms. The first-order chi connectivity index (χ1) is 18.6. The largest absolute Gasteiger partial charge is 0.366 e. The normalized spacial score (nSPS) is 19.4. The van der Waals surface area contributed by atoms with Crippen LogP contribution in [0.3, 0.4) is 0 Å². The first-order valence-corrected chi connectivity index (χ1v) is 13.4. The van der Waals surface area contributed by atoms with Gasteiger partial charge in [-0.2, -0.15) is 0 Å². The van der Waals surface area contributed by atoms with Crippen LogP contribution in [0.2, 0.25) is 0 Å². The van der Waals surface area contributed by atoms with Crippen molar-refractivity contribution in [3.63, 3.8) is 0 Å². The molecule has 0 saturated carbocycles. The number of dihydropyridines is 1. The van der Waals surface area contributed by atoms with E-state index in [0.29, 0.717) is 29.1 Å². The van der Waals surface area contributed by atoms with Gasteiger partial charge in [-0.3, -0.25) is 19.7 Å². The Morgan fingerprint density at radius 1 is 1.05 bits per heavy atom. The maximum atomic E-state index is 13.4. The Labute approximate surface area is 229 Å². The molecule has 2 heterocycles. The number of nitrogens with one attached hydrogen (secondary N) is 2. The number of allylic oxidation sites excluding steroid dienone is 2. The lowest BCUT2D eigenvalue weighted by Gasteiger charge is -2.40. The van der Waals surface area contributed by atoms with Crippen molar-refractivity contribution in [3.05, 3.63) is 98.4 Å². The molecular weight excluding hydrogens is 494 g/mol.